The number of nitro groups is 1. The Hall–Kier alpha value is -3.07. The lowest BCUT2D eigenvalue weighted by molar-refractivity contribution is -0.384. The molecule has 0 unspecified atom stereocenters. The molecule has 0 amide bonds. The van der Waals surface area contributed by atoms with Crippen molar-refractivity contribution in [2.24, 2.45) is 0 Å². The van der Waals surface area contributed by atoms with E-state index in [4.69, 9.17) is 27.6 Å². The van der Waals surface area contributed by atoms with Gasteiger partial charge in [-0.25, -0.2) is 0 Å². The maximum atomic E-state index is 10.7. The first-order valence-corrected chi connectivity index (χ1v) is 8.15. The van der Waals surface area contributed by atoms with Crippen molar-refractivity contribution in [1.82, 2.24) is 0 Å². The largest absolute Gasteiger partial charge is 0.457 e. The highest BCUT2D eigenvalue weighted by molar-refractivity contribution is 6.36. The van der Waals surface area contributed by atoms with Crippen LogP contribution in [0.25, 0.3) is 23.0 Å². The van der Waals surface area contributed by atoms with Crippen molar-refractivity contribution in [3.63, 3.8) is 0 Å². The number of hydrogen-bond acceptors (Lipinski definition) is 4. The standard InChI is InChI=1S/C19H10Cl2N2O3/c20-14-3-7-17(18(21)10-14)13(11-22)9-16-6-8-19(26-16)12-1-4-15(5-2-12)23(24)25/h1-10H/b13-9+. The normalized spacial score (nSPS) is 11.2. The summed E-state index contributed by atoms with van der Waals surface area (Å²) in [6.07, 6.45) is 1.57. The number of halogens is 2. The summed E-state index contributed by atoms with van der Waals surface area (Å²) >= 11 is 12.0. The van der Waals surface area contributed by atoms with Crippen molar-refractivity contribution in [3.8, 4) is 17.4 Å². The highest BCUT2D eigenvalue weighted by Crippen LogP contribution is 2.30. The maximum Gasteiger partial charge on any atom is 0.269 e. The van der Waals surface area contributed by atoms with Crippen molar-refractivity contribution >= 4 is 40.5 Å². The Morgan fingerprint density at radius 1 is 1.12 bits per heavy atom. The van der Waals surface area contributed by atoms with Gasteiger partial charge >= 0.3 is 0 Å². The quantitative estimate of drug-likeness (QED) is 0.303. The highest BCUT2D eigenvalue weighted by Gasteiger charge is 2.11. The average molecular weight is 385 g/mol. The number of furan rings is 1. The van der Waals surface area contributed by atoms with Crippen LogP contribution in [0.2, 0.25) is 10.0 Å². The van der Waals surface area contributed by atoms with E-state index in [2.05, 4.69) is 6.07 Å². The summed E-state index contributed by atoms with van der Waals surface area (Å²) in [5.74, 6) is 0.992. The molecule has 26 heavy (non-hydrogen) atoms. The minimum atomic E-state index is -0.463. The van der Waals surface area contributed by atoms with Gasteiger partial charge in [0.1, 0.15) is 11.5 Å². The lowest BCUT2D eigenvalue weighted by Crippen LogP contribution is -1.86. The van der Waals surface area contributed by atoms with Gasteiger partial charge in [0.05, 0.1) is 21.6 Å². The lowest BCUT2D eigenvalue weighted by atomic mass is 10.1. The van der Waals surface area contributed by atoms with E-state index in [1.165, 1.54) is 12.1 Å². The number of allylic oxidation sites excluding steroid dienone is 1. The maximum absolute atomic E-state index is 10.7. The summed E-state index contributed by atoms with van der Waals surface area (Å²) in [5, 5.41) is 21.0. The molecule has 2 aromatic carbocycles. The van der Waals surface area contributed by atoms with Gasteiger partial charge < -0.3 is 4.42 Å². The van der Waals surface area contributed by atoms with E-state index >= 15 is 0 Å². The van der Waals surface area contributed by atoms with Crippen molar-refractivity contribution < 1.29 is 9.34 Å². The summed E-state index contributed by atoms with van der Waals surface area (Å²) < 4.78 is 5.72. The molecular formula is C19H10Cl2N2O3. The summed E-state index contributed by atoms with van der Waals surface area (Å²) in [7, 11) is 0. The van der Waals surface area contributed by atoms with E-state index in [1.807, 2.05) is 0 Å². The van der Waals surface area contributed by atoms with Crippen LogP contribution in [-0.4, -0.2) is 4.92 Å². The molecule has 128 valence electrons. The average Bonchev–Trinajstić information content (AvgIpc) is 3.09. The number of non-ortho nitro benzene ring substituents is 1. The Bertz CT molecular complexity index is 1050. The molecule has 0 bridgehead atoms. The third-order valence-electron chi connectivity index (χ3n) is 3.62. The van der Waals surface area contributed by atoms with Crippen LogP contribution in [0, 0.1) is 21.4 Å². The zero-order valence-electron chi connectivity index (χ0n) is 13.1. The first-order valence-electron chi connectivity index (χ1n) is 7.40. The van der Waals surface area contributed by atoms with Crippen LogP contribution in [0.3, 0.4) is 0 Å². The van der Waals surface area contributed by atoms with Gasteiger partial charge in [0.2, 0.25) is 0 Å². The van der Waals surface area contributed by atoms with Crippen LogP contribution >= 0.6 is 23.2 Å². The fraction of sp³-hybridized carbons (Fsp3) is 0. The fourth-order valence-corrected chi connectivity index (χ4v) is 2.86. The molecule has 0 aliphatic rings. The second-order valence-electron chi connectivity index (χ2n) is 5.30. The highest BCUT2D eigenvalue weighted by atomic mass is 35.5. The van der Waals surface area contributed by atoms with Gasteiger partial charge in [-0.1, -0.05) is 29.3 Å². The predicted molar refractivity (Wildman–Crippen MR) is 101 cm³/mol. The number of nitrogens with zero attached hydrogens (tertiary/aromatic N) is 2. The molecule has 0 radical (unpaired) electrons. The number of benzene rings is 2. The van der Waals surface area contributed by atoms with Crippen LogP contribution in [0.15, 0.2) is 59.0 Å². The minimum Gasteiger partial charge on any atom is -0.457 e. The third-order valence-corrected chi connectivity index (χ3v) is 4.17. The molecular weight excluding hydrogens is 375 g/mol. The minimum absolute atomic E-state index is 0.00423. The molecule has 0 saturated heterocycles. The summed E-state index contributed by atoms with van der Waals surface area (Å²) in [5.41, 5.74) is 1.57. The Kier molecular flexibility index (Phi) is 5.08. The molecule has 3 rings (SSSR count). The van der Waals surface area contributed by atoms with E-state index in [9.17, 15) is 15.4 Å². The SMILES string of the molecule is N#C/C(=C\c1ccc(-c2ccc([N+](=O)[O-])cc2)o1)c1ccc(Cl)cc1Cl. The van der Waals surface area contributed by atoms with Gasteiger partial charge in [-0.15, -0.1) is 0 Å². The summed E-state index contributed by atoms with van der Waals surface area (Å²) in [4.78, 5) is 10.3. The smallest absolute Gasteiger partial charge is 0.269 e. The van der Waals surface area contributed by atoms with E-state index in [1.54, 1.807) is 48.5 Å². The van der Waals surface area contributed by atoms with Crippen molar-refractivity contribution in [2.45, 2.75) is 0 Å². The topological polar surface area (TPSA) is 80.1 Å². The molecule has 0 aliphatic heterocycles. The van der Waals surface area contributed by atoms with Crippen LogP contribution in [0.4, 0.5) is 5.69 Å². The van der Waals surface area contributed by atoms with E-state index < -0.39 is 4.92 Å². The number of nitro benzene ring substituents is 1. The lowest BCUT2D eigenvalue weighted by Gasteiger charge is -2.02. The van der Waals surface area contributed by atoms with E-state index in [0.717, 1.165) is 0 Å². The Balaban J connectivity index is 1.92. The van der Waals surface area contributed by atoms with Crippen LogP contribution in [0.5, 0.6) is 0 Å². The van der Waals surface area contributed by atoms with Crippen molar-refractivity contribution in [1.29, 1.82) is 5.26 Å². The van der Waals surface area contributed by atoms with Crippen LogP contribution in [0.1, 0.15) is 11.3 Å². The number of rotatable bonds is 4. The molecule has 3 aromatic rings. The van der Waals surface area contributed by atoms with Gasteiger partial charge in [0.25, 0.3) is 5.69 Å². The van der Waals surface area contributed by atoms with Crippen molar-refractivity contribution in [3.05, 3.63) is 86.1 Å². The molecule has 0 atom stereocenters. The predicted octanol–water partition coefficient (Wildman–Crippen LogP) is 6.23. The van der Waals surface area contributed by atoms with Gasteiger partial charge in [-0.2, -0.15) is 5.26 Å². The molecule has 0 spiro atoms. The summed E-state index contributed by atoms with van der Waals surface area (Å²) in [6.45, 7) is 0. The fourth-order valence-electron chi connectivity index (χ4n) is 2.35. The monoisotopic (exact) mass is 384 g/mol. The molecule has 1 heterocycles. The first kappa shape index (κ1) is 17.7. The Morgan fingerprint density at radius 2 is 1.85 bits per heavy atom. The van der Waals surface area contributed by atoms with E-state index in [0.29, 0.717) is 38.3 Å². The van der Waals surface area contributed by atoms with Gasteiger partial charge in [0, 0.05) is 28.3 Å². The molecule has 5 nitrogen and oxygen atoms in total. The number of hydrogen-bond donors (Lipinski definition) is 0. The van der Waals surface area contributed by atoms with E-state index in [-0.39, 0.29) is 5.69 Å². The summed E-state index contributed by atoms with van der Waals surface area (Å²) in [6, 6.07) is 16.4. The molecule has 0 saturated carbocycles. The Morgan fingerprint density at radius 3 is 2.46 bits per heavy atom. The molecule has 0 aliphatic carbocycles. The zero-order valence-corrected chi connectivity index (χ0v) is 14.7. The van der Waals surface area contributed by atoms with Gasteiger partial charge in [-0.3, -0.25) is 10.1 Å². The van der Waals surface area contributed by atoms with Gasteiger partial charge in [-0.05, 0) is 42.5 Å². The van der Waals surface area contributed by atoms with Gasteiger partial charge in [0.15, 0.2) is 0 Å². The number of nitriles is 1. The second kappa shape index (κ2) is 7.44. The molecule has 1 aromatic heterocycles. The second-order valence-corrected chi connectivity index (χ2v) is 6.14. The third kappa shape index (κ3) is 3.77. The molecule has 0 N–H and O–H groups in total. The first-order chi connectivity index (χ1) is 12.5. The van der Waals surface area contributed by atoms with Crippen LogP contribution in [-0.2, 0) is 0 Å². The molecule has 0 fully saturated rings. The Labute approximate surface area is 158 Å². The van der Waals surface area contributed by atoms with Crippen molar-refractivity contribution in [2.75, 3.05) is 0 Å². The van der Waals surface area contributed by atoms with Crippen LogP contribution < -0.4 is 0 Å². The zero-order chi connectivity index (χ0) is 18.7. The molecule has 7 heteroatoms.